The van der Waals surface area contributed by atoms with Gasteiger partial charge < -0.3 is 4.74 Å². The van der Waals surface area contributed by atoms with Gasteiger partial charge in [0.2, 0.25) is 21.8 Å². The highest BCUT2D eigenvalue weighted by atomic mass is 32.2. The molecule has 1 fully saturated rings. The number of imide groups is 1. The number of carbonyl (C=O) groups excluding carboxylic acids is 2. The Morgan fingerprint density at radius 3 is 2.23 bits per heavy atom. The molecule has 30 heavy (non-hydrogen) atoms. The van der Waals surface area contributed by atoms with E-state index < -0.39 is 16.1 Å². The molecule has 3 rings (SSSR count). The Hall–Kier alpha value is -2.71. The molecule has 1 aliphatic heterocycles. The van der Waals surface area contributed by atoms with Crippen LogP contribution in [0.2, 0.25) is 0 Å². The number of nitrogens with one attached hydrogen (secondary N) is 1. The molecule has 0 radical (unpaired) electrons. The van der Waals surface area contributed by atoms with Crippen LogP contribution in [0.4, 0.5) is 5.69 Å². The fraction of sp³-hybridized carbons (Fsp3) is 0.364. The van der Waals surface area contributed by atoms with Crippen LogP contribution in [0.25, 0.3) is 0 Å². The van der Waals surface area contributed by atoms with E-state index in [2.05, 4.69) is 4.72 Å². The van der Waals surface area contributed by atoms with Crippen LogP contribution in [-0.2, 0) is 19.6 Å². The lowest BCUT2D eigenvalue weighted by Gasteiger charge is -2.22. The zero-order valence-electron chi connectivity index (χ0n) is 17.3. The molecular weight excluding hydrogens is 404 g/mol. The third-order valence-electron chi connectivity index (χ3n) is 4.96. The molecule has 1 saturated heterocycles. The van der Waals surface area contributed by atoms with E-state index in [0.29, 0.717) is 6.42 Å². The van der Waals surface area contributed by atoms with Gasteiger partial charge in [-0.1, -0.05) is 44.2 Å². The maximum atomic E-state index is 13.2. The lowest BCUT2D eigenvalue weighted by Crippen LogP contribution is -2.31. The van der Waals surface area contributed by atoms with E-state index in [9.17, 15) is 18.0 Å². The Kier molecular flexibility index (Phi) is 6.58. The van der Waals surface area contributed by atoms with Gasteiger partial charge in [0.1, 0.15) is 5.75 Å². The third-order valence-corrected chi connectivity index (χ3v) is 6.43. The first-order valence-electron chi connectivity index (χ1n) is 9.84. The van der Waals surface area contributed by atoms with Crippen molar-refractivity contribution in [1.82, 2.24) is 4.72 Å². The van der Waals surface area contributed by atoms with Gasteiger partial charge in [-0.3, -0.25) is 9.59 Å². The van der Waals surface area contributed by atoms with Gasteiger partial charge in [0.05, 0.1) is 17.7 Å². The van der Waals surface area contributed by atoms with Gasteiger partial charge >= 0.3 is 0 Å². The summed E-state index contributed by atoms with van der Waals surface area (Å²) in [5, 5.41) is 0. The van der Waals surface area contributed by atoms with E-state index in [1.807, 2.05) is 44.2 Å². The topological polar surface area (TPSA) is 92.8 Å². The summed E-state index contributed by atoms with van der Waals surface area (Å²) in [5.74, 6) is -0.214. The Morgan fingerprint density at radius 1 is 1.03 bits per heavy atom. The van der Waals surface area contributed by atoms with E-state index in [-0.39, 0.29) is 46.9 Å². The summed E-state index contributed by atoms with van der Waals surface area (Å²) in [5.41, 5.74) is 1.02. The molecule has 160 valence electrons. The lowest BCUT2D eigenvalue weighted by molar-refractivity contribution is -0.121. The first-order valence-corrected chi connectivity index (χ1v) is 11.3. The molecule has 1 atom stereocenters. The SMILES string of the molecule is COc1ccc(S(=O)(=O)NC(CC(C)C)c2ccccc2)cc1N1C(=O)CCC1=O. The molecule has 2 aromatic carbocycles. The number of rotatable bonds is 8. The number of hydrogen-bond donors (Lipinski definition) is 1. The zero-order valence-corrected chi connectivity index (χ0v) is 18.1. The van der Waals surface area contributed by atoms with Gasteiger partial charge in [-0.05, 0) is 36.1 Å². The molecule has 8 heteroatoms. The fourth-order valence-electron chi connectivity index (χ4n) is 3.52. The van der Waals surface area contributed by atoms with Crippen molar-refractivity contribution in [3.63, 3.8) is 0 Å². The number of ether oxygens (including phenoxy) is 1. The van der Waals surface area contributed by atoms with Gasteiger partial charge in [0, 0.05) is 18.9 Å². The lowest BCUT2D eigenvalue weighted by atomic mass is 9.98. The highest BCUT2D eigenvalue weighted by Gasteiger charge is 2.33. The first-order chi connectivity index (χ1) is 14.2. The van der Waals surface area contributed by atoms with Crippen LogP contribution in [0.3, 0.4) is 0 Å². The monoisotopic (exact) mass is 430 g/mol. The standard InChI is InChI=1S/C22H26N2O5S/c1-15(2)13-18(16-7-5-4-6-8-16)23-30(27,28)17-9-10-20(29-3)19(14-17)24-21(25)11-12-22(24)26/h4-10,14-15,18,23H,11-13H2,1-3H3. The number of benzene rings is 2. The number of nitrogens with zero attached hydrogens (tertiary/aromatic N) is 1. The number of methoxy groups -OCH3 is 1. The number of anilines is 1. The summed E-state index contributed by atoms with van der Waals surface area (Å²) in [7, 11) is -2.51. The van der Waals surface area contributed by atoms with E-state index >= 15 is 0 Å². The molecular formula is C22H26N2O5S. The number of carbonyl (C=O) groups is 2. The van der Waals surface area contributed by atoms with Crippen LogP contribution in [0, 0.1) is 5.92 Å². The number of sulfonamides is 1. The summed E-state index contributed by atoms with van der Waals surface area (Å²) in [6.45, 7) is 4.06. The van der Waals surface area contributed by atoms with Crippen molar-refractivity contribution >= 4 is 27.5 Å². The predicted molar refractivity (Wildman–Crippen MR) is 114 cm³/mol. The second kappa shape index (κ2) is 8.97. The van der Waals surface area contributed by atoms with Crippen molar-refractivity contribution in [3.8, 4) is 5.75 Å². The van der Waals surface area contributed by atoms with Crippen molar-refractivity contribution < 1.29 is 22.7 Å². The average Bonchev–Trinajstić information content (AvgIpc) is 3.05. The molecule has 7 nitrogen and oxygen atoms in total. The van der Waals surface area contributed by atoms with Crippen LogP contribution in [0.1, 0.15) is 44.7 Å². The molecule has 1 unspecified atom stereocenters. The van der Waals surface area contributed by atoms with E-state index in [0.717, 1.165) is 10.5 Å². The van der Waals surface area contributed by atoms with Gasteiger partial charge in [0.25, 0.3) is 0 Å². The second-order valence-electron chi connectivity index (χ2n) is 7.67. The minimum absolute atomic E-state index is 0.0320. The van der Waals surface area contributed by atoms with Crippen molar-refractivity contribution in [2.45, 2.75) is 44.0 Å². The fourth-order valence-corrected chi connectivity index (χ4v) is 4.78. The van der Waals surface area contributed by atoms with Crippen LogP contribution in [0.15, 0.2) is 53.4 Å². The summed E-state index contributed by atoms with van der Waals surface area (Å²) >= 11 is 0. The average molecular weight is 431 g/mol. The van der Waals surface area contributed by atoms with Crippen molar-refractivity contribution in [1.29, 1.82) is 0 Å². The van der Waals surface area contributed by atoms with Crippen LogP contribution in [0.5, 0.6) is 5.75 Å². The first kappa shape index (κ1) is 22.0. The van der Waals surface area contributed by atoms with E-state index in [4.69, 9.17) is 4.74 Å². The quantitative estimate of drug-likeness (QED) is 0.648. The molecule has 0 saturated carbocycles. The van der Waals surface area contributed by atoms with Crippen LogP contribution in [-0.4, -0.2) is 27.3 Å². The van der Waals surface area contributed by atoms with Crippen molar-refractivity contribution in [3.05, 3.63) is 54.1 Å². The summed E-state index contributed by atoms with van der Waals surface area (Å²) in [4.78, 5) is 25.3. The zero-order chi connectivity index (χ0) is 21.9. The summed E-state index contributed by atoms with van der Waals surface area (Å²) < 4.78 is 34.4. The molecule has 2 aromatic rings. The van der Waals surface area contributed by atoms with Crippen molar-refractivity contribution in [2.24, 2.45) is 5.92 Å². The number of amides is 2. The predicted octanol–water partition coefficient (Wildman–Crippen LogP) is 3.41. The Labute approximate surface area is 177 Å². The molecule has 1 heterocycles. The third kappa shape index (κ3) is 4.71. The van der Waals surface area contributed by atoms with Gasteiger partial charge in [-0.15, -0.1) is 0 Å². The van der Waals surface area contributed by atoms with Crippen molar-refractivity contribution in [2.75, 3.05) is 12.0 Å². The Bertz CT molecular complexity index is 1020. The summed E-state index contributed by atoms with van der Waals surface area (Å²) in [6, 6.07) is 13.2. The second-order valence-corrected chi connectivity index (χ2v) is 9.38. The van der Waals surface area contributed by atoms with E-state index in [1.165, 1.54) is 25.3 Å². The molecule has 0 aromatic heterocycles. The van der Waals surface area contributed by atoms with E-state index in [1.54, 1.807) is 0 Å². The Balaban J connectivity index is 1.98. The molecule has 0 aliphatic carbocycles. The minimum atomic E-state index is -3.92. The maximum Gasteiger partial charge on any atom is 0.241 e. The minimum Gasteiger partial charge on any atom is -0.495 e. The Morgan fingerprint density at radius 2 is 1.67 bits per heavy atom. The largest absolute Gasteiger partial charge is 0.495 e. The van der Waals surface area contributed by atoms with Gasteiger partial charge in [-0.25, -0.2) is 18.0 Å². The number of hydrogen-bond acceptors (Lipinski definition) is 5. The maximum absolute atomic E-state index is 13.2. The highest BCUT2D eigenvalue weighted by molar-refractivity contribution is 7.89. The highest BCUT2D eigenvalue weighted by Crippen LogP contribution is 2.35. The van der Waals surface area contributed by atoms with Crippen LogP contribution >= 0.6 is 0 Å². The van der Waals surface area contributed by atoms with Gasteiger partial charge in [0.15, 0.2) is 0 Å². The molecule has 0 bridgehead atoms. The molecule has 2 amide bonds. The molecule has 0 spiro atoms. The summed E-state index contributed by atoms with van der Waals surface area (Å²) in [6.07, 6.45) is 0.818. The van der Waals surface area contributed by atoms with Gasteiger partial charge in [-0.2, -0.15) is 0 Å². The normalized spacial score (nSPS) is 15.7. The molecule has 1 aliphatic rings. The van der Waals surface area contributed by atoms with Crippen LogP contribution < -0.4 is 14.4 Å². The molecule has 1 N–H and O–H groups in total. The smallest absolute Gasteiger partial charge is 0.241 e.